The summed E-state index contributed by atoms with van der Waals surface area (Å²) in [6.45, 7) is 2.85. The molecule has 0 aliphatic rings. The van der Waals surface area contributed by atoms with Gasteiger partial charge in [-0.25, -0.2) is 4.79 Å². The standard InChI is InChI=1S/C13H15N3O2/c1-2-12-15-14-9-16(12)8-7-10-3-5-11(6-4-10)13(17)18/h3-6,9H,2,7-8H2,1H3,(H,17,18). The molecule has 0 spiro atoms. The lowest BCUT2D eigenvalue weighted by Gasteiger charge is -2.05. The lowest BCUT2D eigenvalue weighted by molar-refractivity contribution is 0.0697. The summed E-state index contributed by atoms with van der Waals surface area (Å²) >= 11 is 0. The van der Waals surface area contributed by atoms with E-state index in [1.54, 1.807) is 18.5 Å². The average molecular weight is 245 g/mol. The lowest BCUT2D eigenvalue weighted by atomic mass is 10.1. The van der Waals surface area contributed by atoms with E-state index in [2.05, 4.69) is 10.2 Å². The van der Waals surface area contributed by atoms with Gasteiger partial charge < -0.3 is 9.67 Å². The molecule has 1 N–H and O–H groups in total. The molecular formula is C13H15N3O2. The number of aryl methyl sites for hydroxylation is 3. The molecule has 0 saturated heterocycles. The zero-order valence-corrected chi connectivity index (χ0v) is 10.2. The fourth-order valence-corrected chi connectivity index (χ4v) is 1.80. The highest BCUT2D eigenvalue weighted by molar-refractivity contribution is 5.87. The molecule has 94 valence electrons. The molecule has 1 heterocycles. The highest BCUT2D eigenvalue weighted by atomic mass is 16.4. The van der Waals surface area contributed by atoms with Gasteiger partial charge in [0.25, 0.3) is 0 Å². The van der Waals surface area contributed by atoms with Crippen LogP contribution in [0, 0.1) is 0 Å². The number of benzene rings is 1. The molecule has 0 saturated carbocycles. The van der Waals surface area contributed by atoms with Gasteiger partial charge in [0.1, 0.15) is 12.2 Å². The van der Waals surface area contributed by atoms with Crippen LogP contribution in [0.4, 0.5) is 0 Å². The second-order valence-corrected chi connectivity index (χ2v) is 4.05. The molecule has 1 aromatic heterocycles. The Bertz CT molecular complexity index is 531. The Morgan fingerprint density at radius 3 is 2.67 bits per heavy atom. The smallest absolute Gasteiger partial charge is 0.335 e. The summed E-state index contributed by atoms with van der Waals surface area (Å²) in [7, 11) is 0. The number of hydrogen-bond acceptors (Lipinski definition) is 3. The number of carboxylic acid groups (broad SMARTS) is 1. The van der Waals surface area contributed by atoms with Crippen LogP contribution in [0.15, 0.2) is 30.6 Å². The molecule has 1 aromatic carbocycles. The van der Waals surface area contributed by atoms with Gasteiger partial charge in [-0.1, -0.05) is 19.1 Å². The molecule has 0 aliphatic carbocycles. The van der Waals surface area contributed by atoms with Crippen molar-refractivity contribution >= 4 is 5.97 Å². The van der Waals surface area contributed by atoms with Crippen LogP contribution in [0.25, 0.3) is 0 Å². The normalized spacial score (nSPS) is 10.5. The van der Waals surface area contributed by atoms with Crippen LogP contribution in [-0.4, -0.2) is 25.8 Å². The second-order valence-electron chi connectivity index (χ2n) is 4.05. The van der Waals surface area contributed by atoms with Crippen molar-refractivity contribution in [3.63, 3.8) is 0 Å². The molecule has 0 amide bonds. The molecular weight excluding hydrogens is 230 g/mol. The van der Waals surface area contributed by atoms with Crippen LogP contribution in [0.3, 0.4) is 0 Å². The predicted molar refractivity (Wildman–Crippen MR) is 66.5 cm³/mol. The zero-order valence-electron chi connectivity index (χ0n) is 10.2. The van der Waals surface area contributed by atoms with Crippen molar-refractivity contribution in [2.75, 3.05) is 0 Å². The third kappa shape index (κ3) is 2.74. The van der Waals surface area contributed by atoms with Gasteiger partial charge in [-0.05, 0) is 24.1 Å². The first-order valence-corrected chi connectivity index (χ1v) is 5.89. The van der Waals surface area contributed by atoms with Gasteiger partial charge in [-0.3, -0.25) is 0 Å². The van der Waals surface area contributed by atoms with Crippen molar-refractivity contribution in [2.24, 2.45) is 0 Å². The second kappa shape index (κ2) is 5.44. The minimum Gasteiger partial charge on any atom is -0.478 e. The van der Waals surface area contributed by atoms with E-state index < -0.39 is 5.97 Å². The van der Waals surface area contributed by atoms with Crippen LogP contribution in [0.2, 0.25) is 0 Å². The van der Waals surface area contributed by atoms with E-state index in [4.69, 9.17) is 5.11 Å². The first-order chi connectivity index (χ1) is 8.70. The number of carbonyl (C=O) groups is 1. The Balaban J connectivity index is 2.00. The van der Waals surface area contributed by atoms with Crippen LogP contribution in [0.5, 0.6) is 0 Å². The fourth-order valence-electron chi connectivity index (χ4n) is 1.80. The molecule has 0 aliphatic heterocycles. The van der Waals surface area contributed by atoms with Gasteiger partial charge in [0.15, 0.2) is 0 Å². The summed E-state index contributed by atoms with van der Waals surface area (Å²) in [6.07, 6.45) is 3.42. The maximum Gasteiger partial charge on any atom is 0.335 e. The zero-order chi connectivity index (χ0) is 13.0. The number of nitrogens with zero attached hydrogens (tertiary/aromatic N) is 3. The summed E-state index contributed by atoms with van der Waals surface area (Å²) in [4.78, 5) is 10.7. The van der Waals surface area contributed by atoms with Crippen LogP contribution in [0.1, 0.15) is 28.7 Å². The van der Waals surface area contributed by atoms with Gasteiger partial charge in [-0.15, -0.1) is 10.2 Å². The monoisotopic (exact) mass is 245 g/mol. The van der Waals surface area contributed by atoms with Crippen molar-refractivity contribution in [1.29, 1.82) is 0 Å². The molecule has 0 unspecified atom stereocenters. The van der Waals surface area contributed by atoms with Gasteiger partial charge in [0.05, 0.1) is 5.56 Å². The van der Waals surface area contributed by atoms with E-state index in [-0.39, 0.29) is 0 Å². The number of aromatic nitrogens is 3. The van der Waals surface area contributed by atoms with Crippen LogP contribution in [-0.2, 0) is 19.4 Å². The average Bonchev–Trinajstić information content (AvgIpc) is 2.84. The molecule has 0 bridgehead atoms. The Kier molecular flexibility index (Phi) is 3.72. The van der Waals surface area contributed by atoms with E-state index in [0.717, 1.165) is 30.8 Å². The van der Waals surface area contributed by atoms with Crippen LogP contribution < -0.4 is 0 Å². The molecule has 18 heavy (non-hydrogen) atoms. The first kappa shape index (κ1) is 12.3. The molecule has 5 nitrogen and oxygen atoms in total. The van der Waals surface area contributed by atoms with Gasteiger partial charge in [0.2, 0.25) is 0 Å². The minimum atomic E-state index is -0.895. The van der Waals surface area contributed by atoms with E-state index in [9.17, 15) is 4.79 Å². The van der Waals surface area contributed by atoms with Gasteiger partial charge in [-0.2, -0.15) is 0 Å². The van der Waals surface area contributed by atoms with Gasteiger partial charge in [0, 0.05) is 13.0 Å². The summed E-state index contributed by atoms with van der Waals surface area (Å²) in [5.41, 5.74) is 1.42. The summed E-state index contributed by atoms with van der Waals surface area (Å²) in [5.74, 6) is 0.0748. The van der Waals surface area contributed by atoms with Crippen molar-refractivity contribution < 1.29 is 9.90 Å². The predicted octanol–water partition coefficient (Wildman–Crippen LogP) is 1.78. The first-order valence-electron chi connectivity index (χ1n) is 5.89. The number of carboxylic acids is 1. The van der Waals surface area contributed by atoms with Crippen molar-refractivity contribution in [3.05, 3.63) is 47.5 Å². The maximum absolute atomic E-state index is 10.7. The van der Waals surface area contributed by atoms with E-state index >= 15 is 0 Å². The van der Waals surface area contributed by atoms with Gasteiger partial charge >= 0.3 is 5.97 Å². The Labute approximate surface area is 105 Å². The van der Waals surface area contributed by atoms with E-state index in [0.29, 0.717) is 5.56 Å². The highest BCUT2D eigenvalue weighted by Crippen LogP contribution is 2.07. The quantitative estimate of drug-likeness (QED) is 0.871. The molecule has 2 aromatic rings. The molecule has 0 fully saturated rings. The summed E-state index contributed by atoms with van der Waals surface area (Å²) in [5, 5.41) is 16.7. The molecule has 2 rings (SSSR count). The fraction of sp³-hybridized carbons (Fsp3) is 0.308. The molecule has 0 atom stereocenters. The van der Waals surface area contributed by atoms with Crippen molar-refractivity contribution in [2.45, 2.75) is 26.3 Å². The van der Waals surface area contributed by atoms with Crippen molar-refractivity contribution in [3.8, 4) is 0 Å². The lowest BCUT2D eigenvalue weighted by Crippen LogP contribution is -2.05. The number of rotatable bonds is 5. The SMILES string of the molecule is CCc1nncn1CCc1ccc(C(=O)O)cc1. The van der Waals surface area contributed by atoms with Crippen molar-refractivity contribution in [1.82, 2.24) is 14.8 Å². The Hall–Kier alpha value is -2.17. The number of hydrogen-bond donors (Lipinski definition) is 1. The minimum absolute atomic E-state index is 0.317. The summed E-state index contributed by atoms with van der Waals surface area (Å²) < 4.78 is 2.02. The maximum atomic E-state index is 10.7. The third-order valence-corrected chi connectivity index (χ3v) is 2.85. The topological polar surface area (TPSA) is 68.0 Å². The largest absolute Gasteiger partial charge is 0.478 e. The van der Waals surface area contributed by atoms with E-state index in [1.807, 2.05) is 23.6 Å². The summed E-state index contributed by atoms with van der Waals surface area (Å²) in [6, 6.07) is 6.95. The third-order valence-electron chi connectivity index (χ3n) is 2.85. The van der Waals surface area contributed by atoms with Crippen LogP contribution >= 0.6 is 0 Å². The molecule has 5 heteroatoms. The Morgan fingerprint density at radius 1 is 1.33 bits per heavy atom. The van der Waals surface area contributed by atoms with E-state index in [1.165, 1.54) is 0 Å². The highest BCUT2D eigenvalue weighted by Gasteiger charge is 2.04. The number of aromatic carboxylic acids is 1. The molecule has 0 radical (unpaired) electrons. The Morgan fingerprint density at radius 2 is 2.06 bits per heavy atom.